The fourth-order valence-corrected chi connectivity index (χ4v) is 4.90. The summed E-state index contributed by atoms with van der Waals surface area (Å²) in [7, 11) is 0. The summed E-state index contributed by atoms with van der Waals surface area (Å²) in [5.41, 5.74) is 4.48. The zero-order valence-corrected chi connectivity index (χ0v) is 16.3. The summed E-state index contributed by atoms with van der Waals surface area (Å²) in [6.45, 7) is 3.87. The first-order valence-electron chi connectivity index (χ1n) is 6.74. The van der Waals surface area contributed by atoms with E-state index in [1.54, 1.807) is 11.3 Å². The minimum atomic E-state index is -0.288. The second-order valence-corrected chi connectivity index (χ2v) is 8.88. The molecule has 0 aliphatic heterocycles. The molecule has 0 atom stereocenters. The van der Waals surface area contributed by atoms with Crippen LogP contribution in [-0.2, 0) is 0 Å². The molecule has 118 valence electrons. The Morgan fingerprint density at radius 1 is 1.26 bits per heavy atom. The minimum Gasteiger partial charge on any atom is -0.266 e. The maximum Gasteiger partial charge on any atom is 0.283 e. The van der Waals surface area contributed by atoms with Crippen molar-refractivity contribution in [3.05, 3.63) is 54.5 Å². The first-order chi connectivity index (χ1) is 11.0. The van der Waals surface area contributed by atoms with E-state index in [9.17, 15) is 4.79 Å². The predicted molar refractivity (Wildman–Crippen MR) is 103 cm³/mol. The van der Waals surface area contributed by atoms with E-state index in [-0.39, 0.29) is 5.91 Å². The Balaban J connectivity index is 1.85. The highest BCUT2D eigenvalue weighted by molar-refractivity contribution is 9.11. The van der Waals surface area contributed by atoms with Crippen LogP contribution in [0.1, 0.15) is 27.0 Å². The van der Waals surface area contributed by atoms with Gasteiger partial charge in [0.1, 0.15) is 4.88 Å². The van der Waals surface area contributed by atoms with Crippen LogP contribution in [0.4, 0.5) is 0 Å². The van der Waals surface area contributed by atoms with Crippen molar-refractivity contribution < 1.29 is 4.79 Å². The van der Waals surface area contributed by atoms with Crippen LogP contribution >= 0.6 is 50.2 Å². The lowest BCUT2D eigenvalue weighted by Gasteiger charge is -1.99. The number of rotatable bonds is 3. The summed E-state index contributed by atoms with van der Waals surface area (Å²) >= 11 is 12.7. The molecular formula is C16H12BrClN2OS2. The molecule has 3 aromatic rings. The van der Waals surface area contributed by atoms with Gasteiger partial charge in [0, 0.05) is 10.1 Å². The number of nitrogens with zero attached hydrogens (tertiary/aromatic N) is 1. The van der Waals surface area contributed by atoms with Crippen LogP contribution in [0.15, 0.2) is 39.2 Å². The molecule has 0 aliphatic carbocycles. The number of amides is 1. The highest BCUT2D eigenvalue weighted by atomic mass is 79.9. The second kappa shape index (κ2) is 6.73. The molecule has 0 saturated heterocycles. The van der Waals surface area contributed by atoms with E-state index < -0.39 is 0 Å². The molecule has 0 bridgehead atoms. The largest absolute Gasteiger partial charge is 0.283 e. The molecule has 3 nitrogen and oxygen atoms in total. The molecule has 7 heteroatoms. The van der Waals surface area contributed by atoms with Gasteiger partial charge in [-0.15, -0.1) is 22.7 Å². The van der Waals surface area contributed by atoms with Crippen molar-refractivity contribution in [3.63, 3.8) is 0 Å². The Hall–Kier alpha value is -1.21. The van der Waals surface area contributed by atoms with Gasteiger partial charge in [0.05, 0.1) is 19.4 Å². The van der Waals surface area contributed by atoms with Crippen molar-refractivity contribution in [2.45, 2.75) is 13.8 Å². The van der Waals surface area contributed by atoms with Gasteiger partial charge in [-0.2, -0.15) is 5.10 Å². The Morgan fingerprint density at radius 2 is 2.04 bits per heavy atom. The number of halogens is 2. The number of hydrogen-bond donors (Lipinski definition) is 1. The van der Waals surface area contributed by atoms with Gasteiger partial charge >= 0.3 is 0 Å². The van der Waals surface area contributed by atoms with Crippen molar-refractivity contribution in [2.24, 2.45) is 5.10 Å². The summed E-state index contributed by atoms with van der Waals surface area (Å²) in [6, 6.07) is 9.86. The van der Waals surface area contributed by atoms with Crippen molar-refractivity contribution in [1.29, 1.82) is 0 Å². The number of thiophene rings is 2. The lowest BCUT2D eigenvalue weighted by Crippen LogP contribution is -2.18. The minimum absolute atomic E-state index is 0.288. The fourth-order valence-electron chi connectivity index (χ4n) is 2.07. The third kappa shape index (κ3) is 3.50. The zero-order valence-electron chi connectivity index (χ0n) is 12.3. The van der Waals surface area contributed by atoms with Crippen LogP contribution in [0.2, 0.25) is 5.02 Å². The van der Waals surface area contributed by atoms with E-state index in [1.807, 2.05) is 44.2 Å². The van der Waals surface area contributed by atoms with E-state index in [1.165, 1.54) is 11.3 Å². The smallest absolute Gasteiger partial charge is 0.266 e. The molecule has 2 heterocycles. The van der Waals surface area contributed by atoms with E-state index in [0.29, 0.717) is 9.90 Å². The second-order valence-electron chi connectivity index (χ2n) is 4.99. The maximum absolute atomic E-state index is 12.4. The summed E-state index contributed by atoms with van der Waals surface area (Å²) in [5, 5.41) is 5.55. The average molecular weight is 428 g/mol. The molecule has 3 rings (SSSR count). The van der Waals surface area contributed by atoms with Gasteiger partial charge < -0.3 is 0 Å². The van der Waals surface area contributed by atoms with Crippen LogP contribution in [0.3, 0.4) is 0 Å². The third-order valence-electron chi connectivity index (χ3n) is 3.25. The SMILES string of the molecule is CC(=NNC(=O)c1sc2cc(C)ccc2c1Cl)c1ccc(Br)s1. The van der Waals surface area contributed by atoms with E-state index in [2.05, 4.69) is 26.5 Å². The average Bonchev–Trinajstić information content (AvgIpc) is 3.08. The predicted octanol–water partition coefficient (Wildman–Crippen LogP) is 5.84. The van der Waals surface area contributed by atoms with Gasteiger partial charge in [-0.25, -0.2) is 5.43 Å². The van der Waals surface area contributed by atoms with Gasteiger partial charge in [-0.05, 0) is 53.5 Å². The third-order valence-corrected chi connectivity index (χ3v) is 6.63. The van der Waals surface area contributed by atoms with Gasteiger partial charge in [0.25, 0.3) is 5.91 Å². The number of nitrogens with one attached hydrogen (secondary N) is 1. The van der Waals surface area contributed by atoms with Crippen molar-refractivity contribution >= 4 is 71.9 Å². The lowest BCUT2D eigenvalue weighted by atomic mass is 10.2. The topological polar surface area (TPSA) is 41.5 Å². The first-order valence-corrected chi connectivity index (χ1v) is 9.55. The molecule has 1 N–H and O–H groups in total. The molecule has 0 radical (unpaired) electrons. The van der Waals surface area contributed by atoms with E-state index in [4.69, 9.17) is 11.6 Å². The number of hydrazone groups is 1. The van der Waals surface area contributed by atoms with E-state index >= 15 is 0 Å². The Labute approximate surface area is 155 Å². The fraction of sp³-hybridized carbons (Fsp3) is 0.125. The van der Waals surface area contributed by atoms with Crippen molar-refractivity contribution in [1.82, 2.24) is 5.43 Å². The molecular weight excluding hydrogens is 416 g/mol. The summed E-state index contributed by atoms with van der Waals surface area (Å²) in [5.74, 6) is -0.288. The lowest BCUT2D eigenvalue weighted by molar-refractivity contribution is 0.0959. The van der Waals surface area contributed by atoms with Crippen molar-refractivity contribution in [3.8, 4) is 0 Å². The number of hydrogen-bond acceptors (Lipinski definition) is 4. The quantitative estimate of drug-likeness (QED) is 0.414. The number of carbonyl (C=O) groups excluding carboxylic acids is 1. The first kappa shape index (κ1) is 16.6. The summed E-state index contributed by atoms with van der Waals surface area (Å²) < 4.78 is 2.03. The Morgan fingerprint density at radius 3 is 2.74 bits per heavy atom. The van der Waals surface area contributed by atoms with Crippen molar-refractivity contribution in [2.75, 3.05) is 0 Å². The molecule has 1 aromatic carbocycles. The summed E-state index contributed by atoms with van der Waals surface area (Å²) in [6.07, 6.45) is 0. The number of carbonyl (C=O) groups is 1. The van der Waals surface area contributed by atoms with Gasteiger partial charge in [-0.1, -0.05) is 23.7 Å². The Bertz CT molecular complexity index is 929. The maximum atomic E-state index is 12.4. The number of benzene rings is 1. The normalized spacial score (nSPS) is 11.9. The van der Waals surface area contributed by atoms with E-state index in [0.717, 1.165) is 30.0 Å². The van der Waals surface area contributed by atoms with Gasteiger partial charge in [0.15, 0.2) is 0 Å². The molecule has 0 saturated carbocycles. The zero-order chi connectivity index (χ0) is 16.6. The van der Waals surface area contributed by atoms with Crippen LogP contribution in [0.25, 0.3) is 10.1 Å². The highest BCUT2D eigenvalue weighted by Gasteiger charge is 2.17. The van der Waals surface area contributed by atoms with Gasteiger partial charge in [0.2, 0.25) is 0 Å². The molecule has 0 spiro atoms. The van der Waals surface area contributed by atoms with Crippen LogP contribution < -0.4 is 5.43 Å². The molecule has 1 amide bonds. The standard InChI is InChI=1S/C16H12BrClN2OS2/c1-8-3-4-10-12(7-8)23-15(14(10)18)16(21)20-19-9(2)11-5-6-13(17)22-11/h3-7H,1-2H3,(H,20,21). The van der Waals surface area contributed by atoms with Crippen LogP contribution in [0.5, 0.6) is 0 Å². The molecule has 23 heavy (non-hydrogen) atoms. The monoisotopic (exact) mass is 426 g/mol. The molecule has 0 fully saturated rings. The molecule has 2 aromatic heterocycles. The number of fused-ring (bicyclic) bond motifs is 1. The van der Waals surface area contributed by atoms with Gasteiger partial charge in [-0.3, -0.25) is 4.79 Å². The number of aryl methyl sites for hydroxylation is 1. The van der Waals surface area contributed by atoms with Crippen LogP contribution in [0, 0.1) is 6.92 Å². The highest BCUT2D eigenvalue weighted by Crippen LogP contribution is 2.35. The summed E-state index contributed by atoms with van der Waals surface area (Å²) in [4.78, 5) is 13.8. The molecule has 0 aliphatic rings. The van der Waals surface area contributed by atoms with Crippen LogP contribution in [-0.4, -0.2) is 11.6 Å². The Kier molecular flexibility index (Phi) is 4.87. The molecule has 0 unspecified atom stereocenters.